The number of rotatable bonds is 1. The lowest BCUT2D eigenvalue weighted by Gasteiger charge is -2.08. The van der Waals surface area contributed by atoms with Crippen molar-refractivity contribution in [3.8, 4) is 0 Å². The Hall–Kier alpha value is -0.910. The SMILES string of the molecule is FC(F)c1ccc(Cl)c(C(F)(F)F)n1. The van der Waals surface area contributed by atoms with E-state index in [2.05, 4.69) is 4.98 Å². The van der Waals surface area contributed by atoms with E-state index in [1.807, 2.05) is 0 Å². The quantitative estimate of drug-likeness (QED) is 0.672. The number of hydrogen-bond acceptors (Lipinski definition) is 1. The highest BCUT2D eigenvalue weighted by Gasteiger charge is 2.36. The molecule has 0 atom stereocenters. The largest absolute Gasteiger partial charge is 0.434 e. The maximum Gasteiger partial charge on any atom is 0.434 e. The van der Waals surface area contributed by atoms with Crippen LogP contribution in [0.2, 0.25) is 5.02 Å². The van der Waals surface area contributed by atoms with Gasteiger partial charge in [-0.15, -0.1) is 0 Å². The zero-order chi connectivity index (χ0) is 10.9. The second kappa shape index (κ2) is 3.68. The highest BCUT2D eigenvalue weighted by molar-refractivity contribution is 6.31. The summed E-state index contributed by atoms with van der Waals surface area (Å²) in [6.45, 7) is 0. The van der Waals surface area contributed by atoms with Crippen molar-refractivity contribution in [1.82, 2.24) is 4.98 Å². The van der Waals surface area contributed by atoms with Crippen LogP contribution in [0, 0.1) is 0 Å². The van der Waals surface area contributed by atoms with Crippen LogP contribution in [0.4, 0.5) is 22.0 Å². The molecule has 14 heavy (non-hydrogen) atoms. The van der Waals surface area contributed by atoms with Crippen molar-refractivity contribution in [1.29, 1.82) is 0 Å². The van der Waals surface area contributed by atoms with Crippen molar-refractivity contribution in [2.75, 3.05) is 0 Å². The Kier molecular flexibility index (Phi) is 2.94. The fourth-order valence-electron chi connectivity index (χ4n) is 0.778. The van der Waals surface area contributed by atoms with Gasteiger partial charge in [0, 0.05) is 0 Å². The van der Waals surface area contributed by atoms with E-state index >= 15 is 0 Å². The fraction of sp³-hybridized carbons (Fsp3) is 0.286. The van der Waals surface area contributed by atoms with E-state index in [4.69, 9.17) is 11.6 Å². The molecule has 1 rings (SSSR count). The zero-order valence-corrected chi connectivity index (χ0v) is 7.20. The highest BCUT2D eigenvalue weighted by Crippen LogP contribution is 2.34. The van der Waals surface area contributed by atoms with Crippen LogP contribution in [-0.4, -0.2) is 4.98 Å². The molecule has 0 saturated heterocycles. The van der Waals surface area contributed by atoms with Crippen LogP contribution in [0.15, 0.2) is 12.1 Å². The first-order chi connectivity index (χ1) is 6.32. The summed E-state index contributed by atoms with van der Waals surface area (Å²) in [4.78, 5) is 2.74. The summed E-state index contributed by atoms with van der Waals surface area (Å²) in [6.07, 6.45) is -7.87. The third-order valence-corrected chi connectivity index (χ3v) is 1.66. The second-order valence-electron chi connectivity index (χ2n) is 2.37. The van der Waals surface area contributed by atoms with Crippen molar-refractivity contribution in [3.63, 3.8) is 0 Å². The van der Waals surface area contributed by atoms with Crippen molar-refractivity contribution < 1.29 is 22.0 Å². The van der Waals surface area contributed by atoms with Gasteiger partial charge in [0.25, 0.3) is 6.43 Å². The molecule has 1 nitrogen and oxygen atoms in total. The molecular formula is C7H3ClF5N. The molecule has 0 aliphatic carbocycles. The van der Waals surface area contributed by atoms with Gasteiger partial charge in [0.1, 0.15) is 5.69 Å². The molecule has 1 aromatic rings. The van der Waals surface area contributed by atoms with Gasteiger partial charge in [0.05, 0.1) is 5.02 Å². The van der Waals surface area contributed by atoms with Crippen LogP contribution in [0.3, 0.4) is 0 Å². The summed E-state index contributed by atoms with van der Waals surface area (Å²) in [7, 11) is 0. The number of nitrogens with zero attached hydrogens (tertiary/aromatic N) is 1. The van der Waals surface area contributed by atoms with E-state index in [0.717, 1.165) is 12.1 Å². The van der Waals surface area contributed by atoms with E-state index in [1.54, 1.807) is 0 Å². The lowest BCUT2D eigenvalue weighted by molar-refractivity contribution is -0.141. The predicted octanol–water partition coefficient (Wildman–Crippen LogP) is 3.69. The summed E-state index contributed by atoms with van der Waals surface area (Å²) in [6, 6.07) is 1.50. The molecule has 0 amide bonds. The lowest BCUT2D eigenvalue weighted by Crippen LogP contribution is -2.10. The Labute approximate surface area is 80.5 Å². The first-order valence-electron chi connectivity index (χ1n) is 3.34. The van der Waals surface area contributed by atoms with Crippen LogP contribution >= 0.6 is 11.6 Å². The van der Waals surface area contributed by atoms with Gasteiger partial charge in [-0.2, -0.15) is 13.2 Å². The molecule has 0 unspecified atom stereocenters. The van der Waals surface area contributed by atoms with Gasteiger partial charge in [-0.1, -0.05) is 11.6 Å². The van der Waals surface area contributed by atoms with E-state index in [9.17, 15) is 22.0 Å². The van der Waals surface area contributed by atoms with E-state index < -0.39 is 29.0 Å². The van der Waals surface area contributed by atoms with Crippen molar-refractivity contribution in [2.24, 2.45) is 0 Å². The minimum Gasteiger partial charge on any atom is -0.241 e. The van der Waals surface area contributed by atoms with Gasteiger partial charge in [0.15, 0.2) is 5.69 Å². The fourth-order valence-corrected chi connectivity index (χ4v) is 0.990. The Balaban J connectivity index is 3.22. The van der Waals surface area contributed by atoms with Gasteiger partial charge in [0.2, 0.25) is 0 Å². The maximum atomic E-state index is 12.1. The molecule has 0 saturated carbocycles. The molecule has 0 aliphatic rings. The van der Waals surface area contributed by atoms with Crippen molar-refractivity contribution in [2.45, 2.75) is 12.6 Å². The summed E-state index contributed by atoms with van der Waals surface area (Å²) in [5, 5.41) is -0.693. The van der Waals surface area contributed by atoms with Crippen LogP contribution in [0.1, 0.15) is 17.8 Å². The maximum absolute atomic E-state index is 12.1. The Bertz CT molecular complexity index is 335. The molecule has 0 radical (unpaired) electrons. The van der Waals surface area contributed by atoms with Crippen molar-refractivity contribution in [3.05, 3.63) is 28.5 Å². The highest BCUT2D eigenvalue weighted by atomic mass is 35.5. The lowest BCUT2D eigenvalue weighted by atomic mass is 10.3. The monoisotopic (exact) mass is 231 g/mol. The van der Waals surface area contributed by atoms with Crippen LogP contribution < -0.4 is 0 Å². The summed E-state index contributed by atoms with van der Waals surface area (Å²) in [5.41, 5.74) is -2.43. The minimum atomic E-state index is -4.82. The summed E-state index contributed by atoms with van der Waals surface area (Å²) in [5.74, 6) is 0. The standard InChI is InChI=1S/C7H3ClF5N/c8-3-1-2-4(6(9)10)14-5(3)7(11,12)13/h1-2,6H. The molecule has 78 valence electrons. The van der Waals surface area contributed by atoms with Crippen LogP contribution in [0.5, 0.6) is 0 Å². The summed E-state index contributed by atoms with van der Waals surface area (Å²) < 4.78 is 60.3. The van der Waals surface area contributed by atoms with Gasteiger partial charge in [-0.3, -0.25) is 0 Å². The van der Waals surface area contributed by atoms with Crippen LogP contribution in [0.25, 0.3) is 0 Å². The molecule has 1 heterocycles. The Morgan fingerprint density at radius 3 is 2.21 bits per heavy atom. The smallest absolute Gasteiger partial charge is 0.241 e. The molecule has 0 fully saturated rings. The Morgan fingerprint density at radius 2 is 1.79 bits per heavy atom. The minimum absolute atomic E-state index is 0.693. The first kappa shape index (κ1) is 11.2. The molecule has 1 aromatic heterocycles. The van der Waals surface area contributed by atoms with Gasteiger partial charge < -0.3 is 0 Å². The number of halogens is 6. The third-order valence-electron chi connectivity index (χ3n) is 1.36. The Morgan fingerprint density at radius 1 is 1.21 bits per heavy atom. The average Bonchev–Trinajstić information content (AvgIpc) is 2.02. The van der Waals surface area contributed by atoms with Crippen LogP contribution in [-0.2, 0) is 6.18 Å². The molecule has 0 aromatic carbocycles. The van der Waals surface area contributed by atoms with E-state index in [1.165, 1.54) is 0 Å². The number of aromatic nitrogens is 1. The van der Waals surface area contributed by atoms with E-state index in [-0.39, 0.29) is 0 Å². The first-order valence-corrected chi connectivity index (χ1v) is 3.72. The summed E-state index contributed by atoms with van der Waals surface area (Å²) >= 11 is 5.16. The molecular weight excluding hydrogens is 229 g/mol. The molecule has 0 aliphatic heterocycles. The molecule has 0 bridgehead atoms. The number of alkyl halides is 5. The third kappa shape index (κ3) is 2.31. The second-order valence-corrected chi connectivity index (χ2v) is 2.77. The van der Waals surface area contributed by atoms with Gasteiger partial charge >= 0.3 is 6.18 Å². The topological polar surface area (TPSA) is 12.9 Å². The number of pyridine rings is 1. The van der Waals surface area contributed by atoms with Gasteiger partial charge in [-0.25, -0.2) is 13.8 Å². The number of hydrogen-bond donors (Lipinski definition) is 0. The molecule has 0 spiro atoms. The van der Waals surface area contributed by atoms with Gasteiger partial charge in [-0.05, 0) is 12.1 Å². The zero-order valence-electron chi connectivity index (χ0n) is 6.45. The normalized spacial score (nSPS) is 12.2. The molecule has 0 N–H and O–H groups in total. The average molecular weight is 232 g/mol. The van der Waals surface area contributed by atoms with E-state index in [0.29, 0.717) is 0 Å². The van der Waals surface area contributed by atoms with Crippen molar-refractivity contribution >= 4 is 11.6 Å². The molecule has 7 heteroatoms. The predicted molar refractivity (Wildman–Crippen MR) is 39.2 cm³/mol.